The highest BCUT2D eigenvalue weighted by Crippen LogP contribution is 2.30. The molecule has 7 heteroatoms. The van der Waals surface area contributed by atoms with Gasteiger partial charge in [0.15, 0.2) is 5.16 Å². The lowest BCUT2D eigenvalue weighted by atomic mass is 10.3. The molecule has 0 aliphatic carbocycles. The molecule has 1 atom stereocenters. The summed E-state index contributed by atoms with van der Waals surface area (Å²) in [6, 6.07) is 0. The summed E-state index contributed by atoms with van der Waals surface area (Å²) < 4.78 is 1.14. The zero-order chi connectivity index (χ0) is 9.42. The van der Waals surface area contributed by atoms with Gasteiger partial charge in [-0.2, -0.15) is 9.78 Å². The van der Waals surface area contributed by atoms with Crippen molar-refractivity contribution < 1.29 is 14.7 Å². The van der Waals surface area contributed by atoms with E-state index >= 15 is 0 Å². The number of aromatic nitrogens is 3. The predicted molar refractivity (Wildman–Crippen MR) is 42.5 cm³/mol. The molecule has 0 saturated carbocycles. The van der Waals surface area contributed by atoms with Crippen molar-refractivity contribution in [3.63, 3.8) is 0 Å². The normalized spacial score (nSPS) is 20.3. The summed E-state index contributed by atoms with van der Waals surface area (Å²) >= 11 is 1.14. The second-order valence-corrected chi connectivity index (χ2v) is 3.67. The molecule has 0 aromatic carbocycles. The van der Waals surface area contributed by atoms with E-state index < -0.39 is 11.2 Å². The van der Waals surface area contributed by atoms with Crippen molar-refractivity contribution in [2.24, 2.45) is 0 Å². The number of hydrogen-bond donors (Lipinski definition) is 1. The molecule has 0 radical (unpaired) electrons. The summed E-state index contributed by atoms with van der Waals surface area (Å²) in [4.78, 5) is 25.5. The first-order valence-electron chi connectivity index (χ1n) is 3.51. The summed E-state index contributed by atoms with van der Waals surface area (Å²) in [7, 11) is 0. The quantitative estimate of drug-likeness (QED) is 0.714. The van der Waals surface area contributed by atoms with Gasteiger partial charge >= 0.3 is 5.97 Å². The highest BCUT2D eigenvalue weighted by atomic mass is 32.2. The Bertz CT molecular complexity index is 375. The first-order valence-corrected chi connectivity index (χ1v) is 4.39. The number of carbonyl (C=O) groups excluding carboxylic acids is 1. The van der Waals surface area contributed by atoms with Gasteiger partial charge in [0.1, 0.15) is 11.6 Å². The van der Waals surface area contributed by atoms with Crippen LogP contribution in [0.15, 0.2) is 11.5 Å². The molecule has 1 aromatic rings. The molecule has 1 aromatic heterocycles. The zero-order valence-electron chi connectivity index (χ0n) is 6.38. The molecule has 0 bridgehead atoms. The van der Waals surface area contributed by atoms with Crippen LogP contribution in [0.3, 0.4) is 0 Å². The minimum Gasteiger partial charge on any atom is -0.481 e. The van der Waals surface area contributed by atoms with Crippen LogP contribution < -0.4 is 0 Å². The maximum absolute atomic E-state index is 11.4. The van der Waals surface area contributed by atoms with Gasteiger partial charge in [0.25, 0.3) is 5.91 Å². The largest absolute Gasteiger partial charge is 0.481 e. The van der Waals surface area contributed by atoms with Crippen molar-refractivity contribution in [2.45, 2.75) is 16.8 Å². The molecule has 0 unspecified atom stereocenters. The van der Waals surface area contributed by atoms with Gasteiger partial charge in [0, 0.05) is 0 Å². The van der Waals surface area contributed by atoms with E-state index in [0.29, 0.717) is 5.16 Å². The maximum Gasteiger partial charge on any atom is 0.305 e. The smallest absolute Gasteiger partial charge is 0.305 e. The summed E-state index contributed by atoms with van der Waals surface area (Å²) in [5.41, 5.74) is 0. The lowest BCUT2D eigenvalue weighted by molar-refractivity contribution is -0.136. The van der Waals surface area contributed by atoms with Crippen LogP contribution in [-0.4, -0.2) is 37.0 Å². The number of carboxylic acid groups (broad SMARTS) is 1. The topological polar surface area (TPSA) is 85.1 Å². The van der Waals surface area contributed by atoms with Crippen LogP contribution in [0.2, 0.25) is 0 Å². The lowest BCUT2D eigenvalue weighted by Crippen LogP contribution is -2.21. The molecular formula is C6H5N3O3S. The molecule has 0 amide bonds. The Morgan fingerprint density at radius 3 is 3.15 bits per heavy atom. The molecule has 0 fully saturated rings. The van der Waals surface area contributed by atoms with Gasteiger partial charge in [-0.05, 0) is 0 Å². The molecule has 1 aliphatic heterocycles. The Morgan fingerprint density at radius 1 is 1.77 bits per heavy atom. The van der Waals surface area contributed by atoms with Crippen LogP contribution >= 0.6 is 11.8 Å². The van der Waals surface area contributed by atoms with Crippen molar-refractivity contribution in [3.05, 3.63) is 6.33 Å². The summed E-state index contributed by atoms with van der Waals surface area (Å²) in [6.07, 6.45) is 1.09. The van der Waals surface area contributed by atoms with E-state index in [-0.39, 0.29) is 12.3 Å². The molecule has 1 N–H and O–H groups in total. The Morgan fingerprint density at radius 2 is 2.54 bits per heavy atom. The summed E-state index contributed by atoms with van der Waals surface area (Å²) in [6.45, 7) is 0. The van der Waals surface area contributed by atoms with E-state index in [1.54, 1.807) is 0 Å². The van der Waals surface area contributed by atoms with Crippen molar-refractivity contribution >= 4 is 23.6 Å². The molecule has 2 rings (SSSR count). The van der Waals surface area contributed by atoms with Gasteiger partial charge in [0.05, 0.1) is 6.42 Å². The van der Waals surface area contributed by atoms with Gasteiger partial charge in [-0.1, -0.05) is 11.8 Å². The van der Waals surface area contributed by atoms with Crippen LogP contribution in [0.5, 0.6) is 0 Å². The van der Waals surface area contributed by atoms with Crippen LogP contribution in [0, 0.1) is 0 Å². The summed E-state index contributed by atoms with van der Waals surface area (Å²) in [5, 5.41) is 12.1. The average Bonchev–Trinajstić information content (AvgIpc) is 2.56. The first kappa shape index (κ1) is 8.24. The number of thioether (sulfide) groups is 1. The third kappa shape index (κ3) is 1.31. The molecule has 13 heavy (non-hydrogen) atoms. The Kier molecular flexibility index (Phi) is 1.80. The zero-order valence-corrected chi connectivity index (χ0v) is 7.19. The molecule has 0 spiro atoms. The van der Waals surface area contributed by atoms with E-state index in [0.717, 1.165) is 16.4 Å². The third-order valence-electron chi connectivity index (χ3n) is 1.61. The standard InChI is InChI=1S/C6H5N3O3S/c10-4(11)1-3-5(12)9-6(13-3)7-2-8-9/h2-3H,1H2,(H,10,11)/t3-/m0/s1. The second-order valence-electron chi connectivity index (χ2n) is 2.50. The summed E-state index contributed by atoms with van der Waals surface area (Å²) in [5.74, 6) is -1.29. The molecule has 6 nitrogen and oxygen atoms in total. The van der Waals surface area contributed by atoms with E-state index in [2.05, 4.69) is 10.1 Å². The maximum atomic E-state index is 11.4. The van der Waals surface area contributed by atoms with Gasteiger partial charge in [-0.25, -0.2) is 4.98 Å². The highest BCUT2D eigenvalue weighted by Gasteiger charge is 2.34. The van der Waals surface area contributed by atoms with Crippen molar-refractivity contribution in [3.8, 4) is 0 Å². The van der Waals surface area contributed by atoms with Crippen LogP contribution in [-0.2, 0) is 4.79 Å². The number of hydrogen-bond acceptors (Lipinski definition) is 5. The number of fused-ring (bicyclic) bond motifs is 1. The Hall–Kier alpha value is -1.37. The number of rotatable bonds is 2. The predicted octanol–water partition coefficient (Wildman–Crippen LogP) is -0.133. The van der Waals surface area contributed by atoms with E-state index in [9.17, 15) is 9.59 Å². The molecule has 1 aliphatic rings. The Labute approximate surface area is 77.0 Å². The highest BCUT2D eigenvalue weighted by molar-refractivity contribution is 8.00. The van der Waals surface area contributed by atoms with Crippen LogP contribution in [0.1, 0.15) is 11.2 Å². The van der Waals surface area contributed by atoms with E-state index in [1.807, 2.05) is 0 Å². The fraction of sp³-hybridized carbons (Fsp3) is 0.333. The average molecular weight is 199 g/mol. The van der Waals surface area contributed by atoms with Crippen molar-refractivity contribution in [1.82, 2.24) is 14.8 Å². The third-order valence-corrected chi connectivity index (χ3v) is 2.75. The number of carbonyl (C=O) groups is 2. The van der Waals surface area contributed by atoms with Crippen LogP contribution in [0.25, 0.3) is 0 Å². The monoisotopic (exact) mass is 199 g/mol. The Balaban J connectivity index is 2.19. The van der Waals surface area contributed by atoms with Crippen molar-refractivity contribution in [1.29, 1.82) is 0 Å². The van der Waals surface area contributed by atoms with Gasteiger partial charge in [0.2, 0.25) is 0 Å². The molecule has 0 saturated heterocycles. The van der Waals surface area contributed by atoms with Crippen molar-refractivity contribution in [2.75, 3.05) is 0 Å². The molecular weight excluding hydrogens is 194 g/mol. The number of nitrogens with zero attached hydrogens (tertiary/aromatic N) is 3. The number of carboxylic acids is 1. The van der Waals surface area contributed by atoms with Gasteiger partial charge in [-0.3, -0.25) is 9.59 Å². The fourth-order valence-electron chi connectivity index (χ4n) is 1.06. The molecule has 2 heterocycles. The minimum absolute atomic E-state index is 0.186. The second kappa shape index (κ2) is 2.84. The lowest BCUT2D eigenvalue weighted by Gasteiger charge is -1.99. The fourth-order valence-corrected chi connectivity index (χ4v) is 2.09. The van der Waals surface area contributed by atoms with Gasteiger partial charge in [-0.15, -0.1) is 0 Å². The SMILES string of the molecule is O=C(O)C[C@@H]1Sc2ncnn2C1=O. The van der Waals surface area contributed by atoms with Gasteiger partial charge < -0.3 is 5.11 Å². The van der Waals surface area contributed by atoms with Crippen LogP contribution in [0.4, 0.5) is 0 Å². The minimum atomic E-state index is -0.989. The van der Waals surface area contributed by atoms with E-state index in [4.69, 9.17) is 5.11 Å². The number of aliphatic carboxylic acids is 1. The molecule has 68 valence electrons. The first-order chi connectivity index (χ1) is 6.18. The van der Waals surface area contributed by atoms with E-state index in [1.165, 1.54) is 6.33 Å².